The summed E-state index contributed by atoms with van der Waals surface area (Å²) in [4.78, 5) is 52.1. The Morgan fingerprint density at radius 2 is 0.948 bits per heavy atom. The molecule has 0 unspecified atom stereocenters. The quantitative estimate of drug-likeness (QED) is 0.0479. The van der Waals surface area contributed by atoms with E-state index in [2.05, 4.69) is 26.1 Å². The van der Waals surface area contributed by atoms with Crippen LogP contribution in [-0.2, 0) is 39.5 Å². The number of hydrogen-bond acceptors (Lipinski definition) is 7. The van der Waals surface area contributed by atoms with Crippen molar-refractivity contribution in [2.24, 2.45) is 0 Å². The predicted molar refractivity (Wildman–Crippen MR) is 243 cm³/mol. The van der Waals surface area contributed by atoms with Crippen molar-refractivity contribution in [2.45, 2.75) is 245 Å². The Labute approximate surface area is 359 Å². The number of esters is 2. The van der Waals surface area contributed by atoms with E-state index in [4.69, 9.17) is 9.47 Å². The zero-order valence-electron chi connectivity index (χ0n) is 38.4. The molecule has 0 aliphatic rings. The number of unbranched alkanes of at least 4 members (excludes halogenated alkanes) is 23. The van der Waals surface area contributed by atoms with Crippen molar-refractivity contribution in [1.82, 2.24) is 10.2 Å². The Morgan fingerprint density at radius 3 is 1.48 bits per heavy atom. The summed E-state index contributed by atoms with van der Waals surface area (Å²) in [5, 5.41) is 2.82. The molecule has 0 radical (unpaired) electrons. The van der Waals surface area contributed by atoms with E-state index < -0.39 is 10.8 Å². The van der Waals surface area contributed by atoms with Gasteiger partial charge in [0, 0.05) is 56.0 Å². The van der Waals surface area contributed by atoms with Crippen LogP contribution in [0.4, 0.5) is 0 Å². The van der Waals surface area contributed by atoms with Crippen LogP contribution in [0.3, 0.4) is 0 Å². The molecule has 0 aromatic rings. The average molecular weight is 841 g/mol. The highest BCUT2D eigenvalue weighted by Gasteiger charge is 2.16. The number of carbonyl (C=O) groups is 4. The molecule has 0 rings (SSSR count). The average Bonchev–Trinajstić information content (AvgIpc) is 3.19. The first kappa shape index (κ1) is 56.0. The molecule has 0 aromatic carbocycles. The fraction of sp³-hybridized carbons (Fsp3) is 0.917. The Bertz CT molecular complexity index is 995. The monoisotopic (exact) mass is 841 g/mol. The molecule has 0 aromatic heterocycles. The zero-order valence-corrected chi connectivity index (χ0v) is 39.2. The van der Waals surface area contributed by atoms with Crippen LogP contribution in [0.5, 0.6) is 0 Å². The molecule has 0 aliphatic carbocycles. The largest absolute Gasteiger partial charge is 0.466 e. The van der Waals surface area contributed by atoms with Gasteiger partial charge in [-0.25, -0.2) is 0 Å². The third-order valence-corrected chi connectivity index (χ3v) is 11.7. The summed E-state index contributed by atoms with van der Waals surface area (Å²) in [6.07, 6.45) is 37.0. The summed E-state index contributed by atoms with van der Waals surface area (Å²) in [7, 11) is -1.18. The van der Waals surface area contributed by atoms with Crippen LogP contribution >= 0.6 is 0 Å². The molecule has 58 heavy (non-hydrogen) atoms. The lowest BCUT2D eigenvalue weighted by Crippen LogP contribution is -2.35. The highest BCUT2D eigenvalue weighted by atomic mass is 32.2. The second kappa shape index (κ2) is 43.1. The van der Waals surface area contributed by atoms with E-state index >= 15 is 0 Å². The van der Waals surface area contributed by atoms with Crippen molar-refractivity contribution in [2.75, 3.05) is 38.2 Å². The molecule has 0 aliphatic heterocycles. The van der Waals surface area contributed by atoms with Crippen molar-refractivity contribution in [3.05, 3.63) is 0 Å². The van der Waals surface area contributed by atoms with Gasteiger partial charge in [-0.1, -0.05) is 156 Å². The van der Waals surface area contributed by atoms with Crippen LogP contribution in [0, 0.1) is 0 Å². The molecular weight excluding hydrogens is 749 g/mol. The topological polar surface area (TPSA) is 119 Å². The molecule has 0 saturated carbocycles. The Kier molecular flexibility index (Phi) is 41.7. The van der Waals surface area contributed by atoms with Crippen LogP contribution in [0.2, 0.25) is 0 Å². The third-order valence-electron chi connectivity index (χ3n) is 11.0. The van der Waals surface area contributed by atoms with Crippen LogP contribution in [0.25, 0.3) is 0 Å². The highest BCUT2D eigenvalue weighted by molar-refractivity contribution is 7.85. The van der Waals surface area contributed by atoms with Crippen molar-refractivity contribution >= 4 is 34.6 Å². The molecule has 0 saturated heterocycles. The summed E-state index contributed by atoms with van der Waals surface area (Å²) in [6.45, 7) is 8.94. The maximum absolute atomic E-state index is 13.3. The van der Waals surface area contributed by atoms with Crippen molar-refractivity contribution in [3.63, 3.8) is 0 Å². The molecule has 342 valence electrons. The van der Waals surface area contributed by atoms with Crippen molar-refractivity contribution in [1.29, 1.82) is 0 Å². The van der Waals surface area contributed by atoms with Gasteiger partial charge >= 0.3 is 11.9 Å². The summed E-state index contributed by atoms with van der Waals surface area (Å²) >= 11 is 0. The van der Waals surface area contributed by atoms with E-state index in [-0.39, 0.29) is 35.6 Å². The van der Waals surface area contributed by atoms with Gasteiger partial charge in [0.1, 0.15) is 11.9 Å². The van der Waals surface area contributed by atoms with E-state index in [1.54, 1.807) is 0 Å². The van der Waals surface area contributed by atoms with E-state index in [9.17, 15) is 23.4 Å². The molecular formula is C48H92N2O7S. The van der Waals surface area contributed by atoms with Crippen LogP contribution in [0.15, 0.2) is 0 Å². The number of nitrogens with one attached hydrogen (secondary N) is 1. The van der Waals surface area contributed by atoms with Gasteiger partial charge < -0.3 is 19.7 Å². The van der Waals surface area contributed by atoms with E-state index in [1.165, 1.54) is 103 Å². The molecule has 10 heteroatoms. The number of nitrogens with zero attached hydrogens (tertiary/aromatic N) is 1. The molecule has 1 N–H and O–H groups in total. The summed E-state index contributed by atoms with van der Waals surface area (Å²) in [5.74, 6) is -0.255. The van der Waals surface area contributed by atoms with E-state index in [0.29, 0.717) is 51.9 Å². The molecule has 0 fully saturated rings. The molecule has 9 nitrogen and oxygen atoms in total. The second-order valence-corrected chi connectivity index (χ2v) is 18.2. The molecule has 0 spiro atoms. The zero-order chi connectivity index (χ0) is 42.7. The first-order valence-electron chi connectivity index (χ1n) is 24.4. The van der Waals surface area contributed by atoms with Crippen molar-refractivity contribution < 1.29 is 32.9 Å². The summed E-state index contributed by atoms with van der Waals surface area (Å²) in [5.41, 5.74) is 0. The van der Waals surface area contributed by atoms with Gasteiger partial charge in [-0.2, -0.15) is 0 Å². The van der Waals surface area contributed by atoms with Gasteiger partial charge in [0.2, 0.25) is 11.8 Å². The minimum Gasteiger partial charge on any atom is -0.466 e. The minimum atomic E-state index is -1.18. The molecule has 1 atom stereocenters. The van der Waals surface area contributed by atoms with Crippen LogP contribution in [0.1, 0.15) is 239 Å². The Hall–Kier alpha value is -1.97. The Morgan fingerprint density at radius 1 is 0.517 bits per heavy atom. The number of carbonyl (C=O) groups excluding carboxylic acids is 4. The third kappa shape index (κ3) is 39.5. The molecule has 0 heterocycles. The Balaban J connectivity index is 4.53. The SMILES string of the molecule is CCCCCCCCCOC(=O)CCCCCCCN(CCCNC(=O)C[S@](C)=O)C(=O)CCCCCCC(=O)OC(CCCCCCCC)CCCCCCCC. The number of amides is 2. The van der Waals surface area contributed by atoms with Gasteiger partial charge in [-0.3, -0.25) is 23.4 Å². The fourth-order valence-electron chi connectivity index (χ4n) is 7.38. The predicted octanol–water partition coefficient (Wildman–Crippen LogP) is 12.1. The van der Waals surface area contributed by atoms with Gasteiger partial charge in [0.05, 0.1) is 6.61 Å². The van der Waals surface area contributed by atoms with E-state index in [0.717, 1.165) is 96.3 Å². The summed E-state index contributed by atoms with van der Waals surface area (Å²) < 4.78 is 22.8. The first-order chi connectivity index (χ1) is 28.2. The van der Waals surface area contributed by atoms with Crippen LogP contribution in [-0.4, -0.2) is 77.2 Å². The lowest BCUT2D eigenvalue weighted by atomic mass is 10.0. The smallest absolute Gasteiger partial charge is 0.306 e. The van der Waals surface area contributed by atoms with Gasteiger partial charge in [0.25, 0.3) is 0 Å². The molecule has 2 amide bonds. The minimum absolute atomic E-state index is 0.00372. The van der Waals surface area contributed by atoms with Gasteiger partial charge in [0.15, 0.2) is 0 Å². The standard InChI is InChI=1S/C48H92N2O7S/c1-5-8-11-14-17-25-32-42-56-47(53)37-29-21-18-24-31-40-50(41-33-39-49-45(51)43-58(4)55)46(52)36-28-22-23-30-38-48(54)57-44(34-26-19-15-12-9-6-2)35-27-20-16-13-10-7-3/h44H,5-43H2,1-4H3,(H,49,51)/t58-/m0/s1. The highest BCUT2D eigenvalue weighted by Crippen LogP contribution is 2.19. The number of rotatable bonds is 44. The van der Waals surface area contributed by atoms with Crippen molar-refractivity contribution in [3.8, 4) is 0 Å². The lowest BCUT2D eigenvalue weighted by Gasteiger charge is -2.23. The second-order valence-electron chi connectivity index (χ2n) is 16.8. The number of ether oxygens (including phenoxy) is 2. The summed E-state index contributed by atoms with van der Waals surface area (Å²) in [6, 6.07) is 0. The fourth-order valence-corrected chi connectivity index (χ4v) is 7.85. The normalized spacial score (nSPS) is 11.8. The van der Waals surface area contributed by atoms with Gasteiger partial charge in [-0.15, -0.1) is 0 Å². The maximum Gasteiger partial charge on any atom is 0.306 e. The van der Waals surface area contributed by atoms with Gasteiger partial charge in [-0.05, 0) is 64.2 Å². The number of hydrogen-bond donors (Lipinski definition) is 1. The van der Waals surface area contributed by atoms with Crippen LogP contribution < -0.4 is 5.32 Å². The maximum atomic E-state index is 13.3. The van der Waals surface area contributed by atoms with E-state index in [1.807, 2.05) is 4.90 Å². The molecule has 0 bridgehead atoms. The lowest BCUT2D eigenvalue weighted by molar-refractivity contribution is -0.150. The first-order valence-corrected chi connectivity index (χ1v) is 26.2.